The molecule has 0 aliphatic carbocycles. The average molecular weight is 581 g/mol. The molecular formula is C28H36Cl2FN5O3. The number of benzene rings is 1. The smallest absolute Gasteiger partial charge is 0.322 e. The molecule has 0 bridgehead atoms. The van der Waals surface area contributed by atoms with Crippen LogP contribution >= 0.6 is 23.2 Å². The quantitative estimate of drug-likeness (QED) is 0.382. The van der Waals surface area contributed by atoms with Crippen molar-refractivity contribution in [3.05, 3.63) is 57.6 Å². The van der Waals surface area contributed by atoms with Gasteiger partial charge in [0.25, 0.3) is 5.91 Å². The fraction of sp³-hybridized carbons (Fsp3) is 0.536. The predicted octanol–water partition coefficient (Wildman–Crippen LogP) is 5.52. The summed E-state index contributed by atoms with van der Waals surface area (Å²) < 4.78 is 19.1. The van der Waals surface area contributed by atoms with Crippen molar-refractivity contribution in [3.8, 4) is 0 Å². The Morgan fingerprint density at radius 2 is 1.92 bits per heavy atom. The van der Waals surface area contributed by atoms with Gasteiger partial charge in [-0.15, -0.1) is 0 Å². The first-order valence-electron chi connectivity index (χ1n) is 13.5. The largest absolute Gasteiger partial charge is 0.376 e. The summed E-state index contributed by atoms with van der Waals surface area (Å²) in [5.74, 6) is -0.601. The number of hydrogen-bond donors (Lipinski definition) is 2. The Kier molecular flexibility index (Phi) is 10.4. The molecule has 1 aromatic carbocycles. The SMILES string of the molecule is Cc1cc(Cl)nc(Cl)c1C(=O)NCC[C@@H](C)N1CCC(N(CC2CCCO2)C(=O)Nc2ccc(F)cc2)CC1. The fourth-order valence-corrected chi connectivity index (χ4v) is 5.92. The molecule has 1 aromatic heterocycles. The highest BCUT2D eigenvalue weighted by Gasteiger charge is 2.32. The summed E-state index contributed by atoms with van der Waals surface area (Å²) in [6, 6.07) is 7.59. The molecule has 0 spiro atoms. The summed E-state index contributed by atoms with van der Waals surface area (Å²) in [6.07, 6.45) is 4.44. The van der Waals surface area contributed by atoms with Crippen LogP contribution in [0.2, 0.25) is 10.3 Å². The number of likely N-dealkylation sites (tertiary alicyclic amines) is 1. The Morgan fingerprint density at radius 1 is 1.21 bits per heavy atom. The lowest BCUT2D eigenvalue weighted by molar-refractivity contribution is 0.0518. The number of nitrogens with zero attached hydrogens (tertiary/aromatic N) is 3. The van der Waals surface area contributed by atoms with E-state index < -0.39 is 0 Å². The van der Waals surface area contributed by atoms with E-state index in [1.807, 2.05) is 4.90 Å². The van der Waals surface area contributed by atoms with Crippen molar-refractivity contribution >= 4 is 40.8 Å². The van der Waals surface area contributed by atoms with Gasteiger partial charge in [-0.1, -0.05) is 23.2 Å². The molecule has 39 heavy (non-hydrogen) atoms. The van der Waals surface area contributed by atoms with E-state index in [9.17, 15) is 14.0 Å². The molecule has 2 aliphatic rings. The molecule has 2 aliphatic heterocycles. The number of carbonyl (C=O) groups excluding carboxylic acids is 2. The summed E-state index contributed by atoms with van der Waals surface area (Å²) in [6.45, 7) is 7.40. The van der Waals surface area contributed by atoms with E-state index in [-0.39, 0.29) is 46.2 Å². The van der Waals surface area contributed by atoms with Gasteiger partial charge < -0.3 is 25.2 Å². The third-order valence-corrected chi connectivity index (χ3v) is 8.03. The molecule has 2 saturated heterocycles. The highest BCUT2D eigenvalue weighted by Crippen LogP contribution is 2.24. The number of amides is 3. The van der Waals surface area contributed by atoms with E-state index in [0.29, 0.717) is 29.9 Å². The van der Waals surface area contributed by atoms with Gasteiger partial charge in [-0.2, -0.15) is 0 Å². The lowest BCUT2D eigenvalue weighted by atomic mass is 10.00. The minimum absolute atomic E-state index is 0.0394. The number of anilines is 1. The van der Waals surface area contributed by atoms with Crippen LogP contribution in [0, 0.1) is 12.7 Å². The van der Waals surface area contributed by atoms with Crippen molar-refractivity contribution in [2.24, 2.45) is 0 Å². The number of aryl methyl sites for hydroxylation is 1. The van der Waals surface area contributed by atoms with Crippen LogP contribution in [0.25, 0.3) is 0 Å². The molecule has 3 amide bonds. The molecule has 212 valence electrons. The van der Waals surface area contributed by atoms with Crippen molar-refractivity contribution in [1.82, 2.24) is 20.1 Å². The Morgan fingerprint density at radius 3 is 2.56 bits per heavy atom. The van der Waals surface area contributed by atoms with Crippen molar-refractivity contribution in [2.75, 3.05) is 38.1 Å². The van der Waals surface area contributed by atoms with Crippen LogP contribution < -0.4 is 10.6 Å². The van der Waals surface area contributed by atoms with Gasteiger partial charge in [-0.25, -0.2) is 14.2 Å². The minimum atomic E-state index is -0.342. The van der Waals surface area contributed by atoms with E-state index in [1.165, 1.54) is 12.1 Å². The zero-order valence-corrected chi connectivity index (χ0v) is 23.9. The maximum Gasteiger partial charge on any atom is 0.322 e. The maximum absolute atomic E-state index is 13.3. The van der Waals surface area contributed by atoms with E-state index in [4.69, 9.17) is 27.9 Å². The Balaban J connectivity index is 1.28. The van der Waals surface area contributed by atoms with Crippen molar-refractivity contribution < 1.29 is 18.7 Å². The summed E-state index contributed by atoms with van der Waals surface area (Å²) in [5, 5.41) is 6.23. The number of ether oxygens (including phenoxy) is 1. The molecule has 2 aromatic rings. The summed E-state index contributed by atoms with van der Waals surface area (Å²) in [7, 11) is 0. The lowest BCUT2D eigenvalue weighted by Gasteiger charge is -2.41. The summed E-state index contributed by atoms with van der Waals surface area (Å²) in [5.41, 5.74) is 1.60. The molecule has 0 saturated carbocycles. The average Bonchev–Trinajstić information content (AvgIpc) is 3.41. The van der Waals surface area contributed by atoms with Gasteiger partial charge in [0.2, 0.25) is 0 Å². The topological polar surface area (TPSA) is 86.8 Å². The van der Waals surface area contributed by atoms with Gasteiger partial charge >= 0.3 is 6.03 Å². The number of piperidine rings is 1. The Labute approximate surface area is 239 Å². The molecule has 1 unspecified atom stereocenters. The first kappa shape index (κ1) is 29.5. The summed E-state index contributed by atoms with van der Waals surface area (Å²) in [4.78, 5) is 34.2. The molecule has 0 radical (unpaired) electrons. The zero-order valence-electron chi connectivity index (χ0n) is 22.4. The van der Waals surface area contributed by atoms with Crippen LogP contribution in [0.15, 0.2) is 30.3 Å². The molecule has 3 heterocycles. The second-order valence-corrected chi connectivity index (χ2v) is 11.1. The minimum Gasteiger partial charge on any atom is -0.376 e. The second-order valence-electron chi connectivity index (χ2n) is 10.3. The number of urea groups is 1. The second kappa shape index (κ2) is 13.7. The van der Waals surface area contributed by atoms with Gasteiger partial charge in [0.1, 0.15) is 16.1 Å². The predicted molar refractivity (Wildman–Crippen MR) is 151 cm³/mol. The number of hydrogen-bond acceptors (Lipinski definition) is 5. The van der Waals surface area contributed by atoms with E-state index in [2.05, 4.69) is 27.4 Å². The van der Waals surface area contributed by atoms with Gasteiger partial charge in [0, 0.05) is 50.6 Å². The van der Waals surface area contributed by atoms with Crippen LogP contribution in [-0.4, -0.2) is 77.7 Å². The molecule has 2 fully saturated rings. The van der Waals surface area contributed by atoms with Crippen LogP contribution in [-0.2, 0) is 4.74 Å². The van der Waals surface area contributed by atoms with Gasteiger partial charge in [-0.05, 0) is 81.8 Å². The number of nitrogens with one attached hydrogen (secondary N) is 2. The Bertz CT molecular complexity index is 1120. The number of pyridine rings is 1. The van der Waals surface area contributed by atoms with E-state index >= 15 is 0 Å². The molecule has 8 nitrogen and oxygen atoms in total. The number of carbonyl (C=O) groups is 2. The van der Waals surface area contributed by atoms with Crippen LogP contribution in [0.4, 0.5) is 14.9 Å². The molecule has 2 atom stereocenters. The van der Waals surface area contributed by atoms with Crippen LogP contribution in [0.5, 0.6) is 0 Å². The third kappa shape index (κ3) is 8.03. The fourth-order valence-electron chi connectivity index (χ4n) is 5.31. The van der Waals surface area contributed by atoms with E-state index in [0.717, 1.165) is 51.8 Å². The van der Waals surface area contributed by atoms with E-state index in [1.54, 1.807) is 25.1 Å². The van der Waals surface area contributed by atoms with Gasteiger partial charge in [0.15, 0.2) is 0 Å². The number of aromatic nitrogens is 1. The number of rotatable bonds is 9. The number of halogens is 3. The van der Waals surface area contributed by atoms with Gasteiger partial charge in [0.05, 0.1) is 11.7 Å². The monoisotopic (exact) mass is 579 g/mol. The normalized spacial score (nSPS) is 19.1. The molecule has 11 heteroatoms. The van der Waals surface area contributed by atoms with Gasteiger partial charge in [-0.3, -0.25) is 4.79 Å². The highest BCUT2D eigenvalue weighted by molar-refractivity contribution is 6.34. The lowest BCUT2D eigenvalue weighted by Crippen LogP contribution is -2.52. The van der Waals surface area contributed by atoms with Crippen molar-refractivity contribution in [1.29, 1.82) is 0 Å². The van der Waals surface area contributed by atoms with Crippen molar-refractivity contribution in [3.63, 3.8) is 0 Å². The Hall–Kier alpha value is -2.46. The zero-order chi connectivity index (χ0) is 27.9. The first-order chi connectivity index (χ1) is 18.7. The molecular weight excluding hydrogens is 544 g/mol. The molecule has 4 rings (SSSR count). The maximum atomic E-state index is 13.3. The molecule has 2 N–H and O–H groups in total. The summed E-state index contributed by atoms with van der Waals surface area (Å²) >= 11 is 12.1. The highest BCUT2D eigenvalue weighted by atomic mass is 35.5. The van der Waals surface area contributed by atoms with Crippen LogP contribution in [0.1, 0.15) is 54.9 Å². The first-order valence-corrected chi connectivity index (χ1v) is 14.3. The third-order valence-electron chi connectivity index (χ3n) is 7.56. The van der Waals surface area contributed by atoms with Crippen LogP contribution in [0.3, 0.4) is 0 Å². The standard InChI is InChI=1S/C28H36Cl2FN5O3/c1-18-16-24(29)34-26(30)25(18)27(37)32-12-9-19(2)35-13-10-22(11-14-35)36(17-23-4-3-15-39-23)28(38)33-21-7-5-20(31)6-8-21/h5-8,16,19,22-23H,3-4,9-15,17H2,1-2H3,(H,32,37)(H,33,38)/t19-,23?/m1/s1. The van der Waals surface area contributed by atoms with Crippen molar-refractivity contribution in [2.45, 2.75) is 64.1 Å².